The number of nitriles is 1. The zero-order valence-corrected chi connectivity index (χ0v) is 15.0. The first-order chi connectivity index (χ1) is 12.0. The fourth-order valence-electron chi connectivity index (χ4n) is 2.19. The lowest BCUT2D eigenvalue weighted by molar-refractivity contribution is -0.124. The van der Waals surface area contributed by atoms with E-state index in [2.05, 4.69) is 13.2 Å². The van der Waals surface area contributed by atoms with E-state index in [4.69, 9.17) is 9.47 Å². The Kier molecular flexibility index (Phi) is 8.01. The third kappa shape index (κ3) is 5.54. The minimum Gasteiger partial charge on any atom is -0.490 e. The molecule has 1 aromatic rings. The number of likely N-dealkylation sites (N-methyl/N-ethyl adjacent to an activating group) is 1. The summed E-state index contributed by atoms with van der Waals surface area (Å²) in [7, 11) is 3.21. The van der Waals surface area contributed by atoms with Crippen LogP contribution in [0.25, 0.3) is 6.08 Å². The average Bonchev–Trinajstić information content (AvgIpc) is 2.58. The number of nitrogens with zero attached hydrogens (tertiary/aromatic N) is 2. The van der Waals surface area contributed by atoms with Gasteiger partial charge >= 0.3 is 0 Å². The van der Waals surface area contributed by atoms with Crippen LogP contribution in [0.1, 0.15) is 18.1 Å². The molecule has 0 saturated carbocycles. The molecule has 1 aromatic carbocycles. The molecule has 5 heteroatoms. The Labute approximate surface area is 149 Å². The number of rotatable bonds is 9. The predicted octanol–water partition coefficient (Wildman–Crippen LogP) is 3.37. The lowest BCUT2D eigenvalue weighted by Gasteiger charge is -2.16. The van der Waals surface area contributed by atoms with Crippen LogP contribution in [-0.2, 0) is 11.2 Å². The summed E-state index contributed by atoms with van der Waals surface area (Å²) in [6.45, 7) is 10.1. The lowest BCUT2D eigenvalue weighted by Crippen LogP contribution is -2.22. The van der Waals surface area contributed by atoms with Crippen molar-refractivity contribution < 1.29 is 14.3 Å². The van der Waals surface area contributed by atoms with Crippen LogP contribution in [0, 0.1) is 11.3 Å². The first-order valence-electron chi connectivity index (χ1n) is 7.96. The van der Waals surface area contributed by atoms with Crippen molar-refractivity contribution in [3.8, 4) is 17.6 Å². The smallest absolute Gasteiger partial charge is 0.264 e. The third-order valence-corrected chi connectivity index (χ3v) is 3.23. The molecule has 0 aliphatic heterocycles. The van der Waals surface area contributed by atoms with Gasteiger partial charge in [-0.05, 0) is 37.1 Å². The number of hydrogen-bond acceptors (Lipinski definition) is 4. The van der Waals surface area contributed by atoms with Crippen LogP contribution in [0.5, 0.6) is 11.5 Å². The molecule has 0 aliphatic rings. The maximum Gasteiger partial charge on any atom is 0.264 e. The van der Waals surface area contributed by atoms with Crippen molar-refractivity contribution in [2.75, 3.05) is 27.3 Å². The van der Waals surface area contributed by atoms with Gasteiger partial charge in [-0.2, -0.15) is 5.26 Å². The summed E-state index contributed by atoms with van der Waals surface area (Å²) >= 11 is 0. The van der Waals surface area contributed by atoms with Gasteiger partial charge in [-0.1, -0.05) is 18.7 Å². The van der Waals surface area contributed by atoms with Gasteiger partial charge in [0.05, 0.1) is 6.61 Å². The molecule has 0 heterocycles. The van der Waals surface area contributed by atoms with Gasteiger partial charge in [0.15, 0.2) is 11.5 Å². The van der Waals surface area contributed by atoms with Crippen LogP contribution in [0.3, 0.4) is 0 Å². The molecule has 0 atom stereocenters. The lowest BCUT2D eigenvalue weighted by atomic mass is 10.0. The van der Waals surface area contributed by atoms with Gasteiger partial charge in [0.25, 0.3) is 5.91 Å². The highest BCUT2D eigenvalue weighted by Crippen LogP contribution is 2.34. The van der Waals surface area contributed by atoms with Crippen LogP contribution in [0.4, 0.5) is 0 Å². The summed E-state index contributed by atoms with van der Waals surface area (Å²) in [4.78, 5) is 13.4. The van der Waals surface area contributed by atoms with Crippen LogP contribution in [0.15, 0.2) is 43.0 Å². The molecule has 0 bridgehead atoms. The van der Waals surface area contributed by atoms with Gasteiger partial charge in [0, 0.05) is 19.7 Å². The molecule has 0 unspecified atom stereocenters. The van der Waals surface area contributed by atoms with Crippen molar-refractivity contribution in [3.05, 3.63) is 54.1 Å². The number of hydrogen-bond donors (Lipinski definition) is 0. The molecule has 5 nitrogen and oxygen atoms in total. The quantitative estimate of drug-likeness (QED) is 0.393. The highest BCUT2D eigenvalue weighted by Gasteiger charge is 2.15. The fraction of sp³-hybridized carbons (Fsp3) is 0.300. The standard InChI is InChI=1S/C20H24N2O3/c1-6-9-16-11-15(12-17(14-21)20(23)22(4)5)13-18(24-8-3)19(16)25-10-7-2/h6-7,11-13H,1-2,8-10H2,3-5H3/b17-12-. The summed E-state index contributed by atoms with van der Waals surface area (Å²) in [5.41, 5.74) is 1.61. The number of amides is 1. The van der Waals surface area contributed by atoms with E-state index < -0.39 is 0 Å². The molecule has 0 spiro atoms. The Balaban J connectivity index is 3.46. The summed E-state index contributed by atoms with van der Waals surface area (Å²) < 4.78 is 11.4. The number of carbonyl (C=O) groups excluding carboxylic acids is 1. The number of benzene rings is 1. The number of allylic oxidation sites excluding steroid dienone is 1. The molecule has 0 aromatic heterocycles. The van der Waals surface area contributed by atoms with E-state index in [0.717, 1.165) is 5.56 Å². The van der Waals surface area contributed by atoms with Gasteiger partial charge in [0.2, 0.25) is 0 Å². The molecule has 132 valence electrons. The largest absolute Gasteiger partial charge is 0.490 e. The second-order valence-electron chi connectivity index (χ2n) is 5.40. The second-order valence-corrected chi connectivity index (χ2v) is 5.40. The van der Waals surface area contributed by atoms with Crippen molar-refractivity contribution >= 4 is 12.0 Å². The van der Waals surface area contributed by atoms with Crippen molar-refractivity contribution in [2.24, 2.45) is 0 Å². The normalized spacial score (nSPS) is 10.6. The monoisotopic (exact) mass is 340 g/mol. The van der Waals surface area contributed by atoms with Crippen LogP contribution < -0.4 is 9.47 Å². The fourth-order valence-corrected chi connectivity index (χ4v) is 2.19. The van der Waals surface area contributed by atoms with Crippen LogP contribution in [-0.4, -0.2) is 38.1 Å². The summed E-state index contributed by atoms with van der Waals surface area (Å²) in [5.74, 6) is 0.832. The van der Waals surface area contributed by atoms with Gasteiger partial charge in [-0.25, -0.2) is 0 Å². The van der Waals surface area contributed by atoms with E-state index >= 15 is 0 Å². The summed E-state index contributed by atoms with van der Waals surface area (Å²) in [6.07, 6.45) is 5.53. The van der Waals surface area contributed by atoms with Crippen LogP contribution in [0.2, 0.25) is 0 Å². The molecule has 0 N–H and O–H groups in total. The Bertz CT molecular complexity index is 712. The maximum atomic E-state index is 12.1. The van der Waals surface area contributed by atoms with Crippen molar-refractivity contribution in [2.45, 2.75) is 13.3 Å². The topological polar surface area (TPSA) is 62.6 Å². The van der Waals surface area contributed by atoms with E-state index in [1.165, 1.54) is 4.90 Å². The summed E-state index contributed by atoms with van der Waals surface area (Å²) in [5, 5.41) is 9.27. The van der Waals surface area contributed by atoms with E-state index in [0.29, 0.717) is 36.7 Å². The summed E-state index contributed by atoms with van der Waals surface area (Å²) in [6, 6.07) is 5.57. The maximum absolute atomic E-state index is 12.1. The van der Waals surface area contributed by atoms with Gasteiger partial charge in [0.1, 0.15) is 18.2 Å². The molecule has 0 fully saturated rings. The number of ether oxygens (including phenoxy) is 2. The molecule has 0 aliphatic carbocycles. The molecule has 25 heavy (non-hydrogen) atoms. The highest BCUT2D eigenvalue weighted by molar-refractivity contribution is 6.01. The van der Waals surface area contributed by atoms with Gasteiger partial charge < -0.3 is 14.4 Å². The highest BCUT2D eigenvalue weighted by atomic mass is 16.5. The van der Waals surface area contributed by atoms with E-state index in [9.17, 15) is 10.1 Å². The Morgan fingerprint density at radius 3 is 2.52 bits per heavy atom. The van der Waals surface area contributed by atoms with E-state index in [1.807, 2.05) is 19.1 Å². The van der Waals surface area contributed by atoms with Gasteiger partial charge in [-0.15, -0.1) is 6.58 Å². The predicted molar refractivity (Wildman–Crippen MR) is 99.5 cm³/mol. The number of carbonyl (C=O) groups is 1. The molecule has 0 saturated heterocycles. The van der Waals surface area contributed by atoms with Crippen LogP contribution >= 0.6 is 0 Å². The van der Waals surface area contributed by atoms with E-state index in [1.54, 1.807) is 38.4 Å². The van der Waals surface area contributed by atoms with Gasteiger partial charge in [-0.3, -0.25) is 4.79 Å². The Morgan fingerprint density at radius 2 is 2.00 bits per heavy atom. The average molecular weight is 340 g/mol. The SMILES string of the molecule is C=CCOc1c(CC=C)cc(/C=C(/C#N)C(=O)N(C)C)cc1OCC. The van der Waals surface area contributed by atoms with E-state index in [-0.39, 0.29) is 11.5 Å². The molecular weight excluding hydrogens is 316 g/mol. The molecule has 1 rings (SSSR count). The second kappa shape index (κ2) is 9.99. The first-order valence-corrected chi connectivity index (χ1v) is 7.96. The van der Waals surface area contributed by atoms with Crippen molar-refractivity contribution in [1.29, 1.82) is 5.26 Å². The molecule has 1 amide bonds. The first kappa shape index (κ1) is 20.0. The Morgan fingerprint density at radius 1 is 1.28 bits per heavy atom. The Hall–Kier alpha value is -3.00. The molecular formula is C20H24N2O3. The zero-order valence-electron chi connectivity index (χ0n) is 15.0. The third-order valence-electron chi connectivity index (χ3n) is 3.23. The van der Waals surface area contributed by atoms with Crippen molar-refractivity contribution in [1.82, 2.24) is 4.90 Å². The minimum atomic E-state index is -0.349. The van der Waals surface area contributed by atoms with Crippen molar-refractivity contribution in [3.63, 3.8) is 0 Å². The minimum absolute atomic E-state index is 0.0526. The zero-order chi connectivity index (χ0) is 18.8. The molecule has 0 radical (unpaired) electrons.